The van der Waals surface area contributed by atoms with Crippen LogP contribution in [0.1, 0.15) is 33.6 Å². The van der Waals surface area contributed by atoms with Gasteiger partial charge in [-0.1, -0.05) is 18.2 Å². The Morgan fingerprint density at radius 3 is 2.71 bits per heavy atom. The number of rotatable bonds is 11. The molecular formula is C30H35N7O4. The Labute approximate surface area is 239 Å². The first-order chi connectivity index (χ1) is 19.8. The van der Waals surface area contributed by atoms with Gasteiger partial charge >= 0.3 is 5.97 Å². The second-order valence-electron chi connectivity index (χ2n) is 10.6. The number of nitrogens with one attached hydrogen (secondary N) is 1. The van der Waals surface area contributed by atoms with E-state index in [-0.39, 0.29) is 12.6 Å². The molecule has 3 aromatic heterocycles. The first-order valence-electron chi connectivity index (χ1n) is 13.8. The highest BCUT2D eigenvalue weighted by molar-refractivity contribution is 5.73. The van der Waals surface area contributed by atoms with E-state index in [1.807, 2.05) is 49.4 Å². The molecule has 1 saturated heterocycles. The fraction of sp³-hybridized carbons (Fsp3) is 0.367. The molecule has 4 aromatic rings. The van der Waals surface area contributed by atoms with Gasteiger partial charge in [0.15, 0.2) is 17.3 Å². The lowest BCUT2D eigenvalue weighted by molar-refractivity contribution is -0.147. The van der Waals surface area contributed by atoms with Gasteiger partial charge in [0.2, 0.25) is 0 Å². The van der Waals surface area contributed by atoms with Gasteiger partial charge in [-0.2, -0.15) is 5.10 Å². The summed E-state index contributed by atoms with van der Waals surface area (Å²) in [5, 5.41) is 17.0. The van der Waals surface area contributed by atoms with Gasteiger partial charge in [-0.15, -0.1) is 0 Å². The van der Waals surface area contributed by atoms with Gasteiger partial charge in [-0.3, -0.25) is 14.5 Å². The van der Waals surface area contributed by atoms with Crippen molar-refractivity contribution in [2.75, 3.05) is 29.9 Å². The largest absolute Gasteiger partial charge is 0.490 e. The van der Waals surface area contributed by atoms with Crippen LogP contribution in [-0.2, 0) is 11.3 Å². The average Bonchev–Trinajstić information content (AvgIpc) is 3.42. The van der Waals surface area contributed by atoms with E-state index >= 15 is 0 Å². The zero-order valence-corrected chi connectivity index (χ0v) is 23.5. The predicted octanol–water partition coefficient (Wildman–Crippen LogP) is 5.04. The van der Waals surface area contributed by atoms with Gasteiger partial charge in [-0.25, -0.2) is 9.97 Å². The van der Waals surface area contributed by atoms with E-state index in [1.165, 1.54) is 0 Å². The van der Waals surface area contributed by atoms with Gasteiger partial charge < -0.3 is 24.8 Å². The highest BCUT2D eigenvalue weighted by atomic mass is 16.5. The van der Waals surface area contributed by atoms with Crippen molar-refractivity contribution in [2.45, 2.75) is 46.3 Å². The van der Waals surface area contributed by atoms with Crippen molar-refractivity contribution < 1.29 is 19.4 Å². The Balaban J connectivity index is 1.25. The molecule has 11 heteroatoms. The number of carboxylic acids is 1. The third kappa shape index (κ3) is 6.92. The van der Waals surface area contributed by atoms with E-state index in [0.29, 0.717) is 30.5 Å². The van der Waals surface area contributed by atoms with E-state index in [0.717, 1.165) is 42.3 Å². The van der Waals surface area contributed by atoms with Crippen LogP contribution in [-0.4, -0.2) is 61.6 Å². The normalized spacial score (nSPS) is 15.4. The van der Waals surface area contributed by atoms with Crippen LogP contribution in [0.25, 0.3) is 11.3 Å². The summed E-state index contributed by atoms with van der Waals surface area (Å²) in [6.07, 6.45) is 8.85. The minimum Gasteiger partial charge on any atom is -0.490 e. The second kappa shape index (κ2) is 12.2. The summed E-state index contributed by atoms with van der Waals surface area (Å²) < 4.78 is 13.7. The average molecular weight is 558 g/mol. The summed E-state index contributed by atoms with van der Waals surface area (Å²) in [4.78, 5) is 27.6. The number of aromatic nitrogens is 5. The number of para-hydroxylation sites is 2. The molecule has 41 heavy (non-hydrogen) atoms. The number of benzene rings is 1. The summed E-state index contributed by atoms with van der Waals surface area (Å²) in [6, 6.07) is 13.4. The third-order valence-electron chi connectivity index (χ3n) is 6.84. The maximum Gasteiger partial charge on any atom is 0.310 e. The smallest absolute Gasteiger partial charge is 0.310 e. The Hall–Kier alpha value is -4.67. The van der Waals surface area contributed by atoms with Gasteiger partial charge in [0.1, 0.15) is 17.7 Å². The van der Waals surface area contributed by atoms with Gasteiger partial charge in [0.05, 0.1) is 49.4 Å². The molecule has 0 aliphatic carbocycles. The number of hydrogen-bond donors (Lipinski definition) is 2. The zero-order chi connectivity index (χ0) is 28.8. The number of carboxylic acid groups (broad SMARTS) is 1. The van der Waals surface area contributed by atoms with Crippen molar-refractivity contribution in [3.63, 3.8) is 0 Å². The van der Waals surface area contributed by atoms with Crippen molar-refractivity contribution in [3.05, 3.63) is 67.3 Å². The predicted molar refractivity (Wildman–Crippen MR) is 156 cm³/mol. The maximum atomic E-state index is 11.5. The molecule has 4 heterocycles. The van der Waals surface area contributed by atoms with Gasteiger partial charge in [0.25, 0.3) is 0 Å². The summed E-state index contributed by atoms with van der Waals surface area (Å²) in [5.41, 5.74) is 0.569. The second-order valence-corrected chi connectivity index (χ2v) is 10.6. The highest BCUT2D eigenvalue weighted by Gasteiger charge is 2.28. The van der Waals surface area contributed by atoms with E-state index < -0.39 is 11.4 Å². The van der Waals surface area contributed by atoms with Crippen molar-refractivity contribution in [3.8, 4) is 22.8 Å². The quantitative estimate of drug-likeness (QED) is 0.259. The summed E-state index contributed by atoms with van der Waals surface area (Å²) in [6.45, 7) is 7.70. The lowest BCUT2D eigenvalue weighted by Crippen LogP contribution is -2.41. The number of aliphatic carboxylic acids is 1. The monoisotopic (exact) mass is 557 g/mol. The molecule has 0 bridgehead atoms. The Kier molecular flexibility index (Phi) is 8.32. The van der Waals surface area contributed by atoms with Crippen LogP contribution in [0.3, 0.4) is 0 Å². The Morgan fingerprint density at radius 2 is 1.90 bits per heavy atom. The van der Waals surface area contributed by atoms with Crippen LogP contribution in [0.2, 0.25) is 0 Å². The fourth-order valence-corrected chi connectivity index (χ4v) is 4.66. The van der Waals surface area contributed by atoms with Gasteiger partial charge in [-0.05, 0) is 57.9 Å². The van der Waals surface area contributed by atoms with Crippen LogP contribution >= 0.6 is 0 Å². The molecule has 1 atom stereocenters. The number of pyridine rings is 1. The molecule has 0 unspecified atom stereocenters. The molecule has 1 aliphatic rings. The molecular weight excluding hydrogens is 522 g/mol. The molecule has 11 nitrogen and oxygen atoms in total. The topological polar surface area (TPSA) is 128 Å². The third-order valence-corrected chi connectivity index (χ3v) is 6.84. The van der Waals surface area contributed by atoms with Crippen molar-refractivity contribution in [1.29, 1.82) is 0 Å². The van der Waals surface area contributed by atoms with Crippen LogP contribution in [0, 0.1) is 5.41 Å². The minimum atomic E-state index is -0.932. The zero-order valence-electron chi connectivity index (χ0n) is 23.5. The molecule has 5 rings (SSSR count). The number of carbonyl (C=O) groups is 1. The van der Waals surface area contributed by atoms with E-state index in [9.17, 15) is 9.90 Å². The maximum absolute atomic E-state index is 11.5. The molecule has 1 fully saturated rings. The van der Waals surface area contributed by atoms with Crippen molar-refractivity contribution >= 4 is 23.4 Å². The van der Waals surface area contributed by atoms with Crippen LogP contribution in [0.5, 0.6) is 11.5 Å². The number of piperidine rings is 1. The summed E-state index contributed by atoms with van der Waals surface area (Å²) in [5.74, 6) is 2.59. The molecule has 1 aliphatic heterocycles. The van der Waals surface area contributed by atoms with Crippen molar-refractivity contribution in [1.82, 2.24) is 24.7 Å². The summed E-state index contributed by atoms with van der Waals surface area (Å²) >= 11 is 0. The van der Waals surface area contributed by atoms with Crippen molar-refractivity contribution in [2.24, 2.45) is 5.41 Å². The standard InChI is InChI=1S/C30H35N7O4/c1-4-40-24-11-5-6-12-25(24)41-22-9-8-14-36(19-22)28-17-31-16-27(35-28)34-26-13-7-10-23(33-26)21-15-32-37(18-21)20-30(2,3)29(38)39/h5-7,10-13,15-18,22H,4,8-9,14,19-20H2,1-3H3,(H,38,39)(H,33,34,35)/t22-/m1/s1. The fourth-order valence-electron chi connectivity index (χ4n) is 4.66. The molecule has 1 aromatic carbocycles. The molecule has 0 radical (unpaired) electrons. The minimum absolute atomic E-state index is 0.00381. The lowest BCUT2D eigenvalue weighted by Gasteiger charge is -2.33. The first-order valence-corrected chi connectivity index (χ1v) is 13.8. The van der Waals surface area contributed by atoms with Crippen LogP contribution in [0.4, 0.5) is 17.5 Å². The molecule has 2 N–H and O–H groups in total. The lowest BCUT2D eigenvalue weighted by atomic mass is 9.94. The van der Waals surface area contributed by atoms with E-state index in [2.05, 4.69) is 20.3 Å². The summed E-state index contributed by atoms with van der Waals surface area (Å²) in [7, 11) is 0. The molecule has 0 saturated carbocycles. The number of anilines is 3. The molecule has 0 spiro atoms. The van der Waals surface area contributed by atoms with E-state index in [4.69, 9.17) is 19.4 Å². The van der Waals surface area contributed by atoms with Crippen LogP contribution < -0.4 is 19.7 Å². The molecule has 0 amide bonds. The Bertz CT molecular complexity index is 1490. The highest BCUT2D eigenvalue weighted by Crippen LogP contribution is 2.30. The first kappa shape index (κ1) is 27.9. The molecule has 214 valence electrons. The SMILES string of the molecule is CCOc1ccccc1O[C@@H]1CCCN(c2cncc(Nc3cccc(-c4cnn(CC(C)(C)C(=O)O)c4)n3)n2)C1. The van der Waals surface area contributed by atoms with E-state index in [1.54, 1.807) is 43.3 Å². The van der Waals surface area contributed by atoms with Gasteiger partial charge in [0, 0.05) is 18.3 Å². The number of hydrogen-bond acceptors (Lipinski definition) is 9. The number of ether oxygens (including phenoxy) is 2. The number of nitrogens with zero attached hydrogens (tertiary/aromatic N) is 6. The van der Waals surface area contributed by atoms with Crippen LogP contribution in [0.15, 0.2) is 67.3 Å². The Morgan fingerprint density at radius 1 is 1.07 bits per heavy atom.